The Hall–Kier alpha value is -6.73. The molecule has 6 aromatic heterocycles. The van der Waals surface area contributed by atoms with Crippen LogP contribution in [0.4, 0.5) is 0 Å². The molecule has 8 rings (SSSR count). The Morgan fingerprint density at radius 2 is 0.562 bits per heavy atom. The molecule has 0 aliphatic heterocycles. The maximum atomic E-state index is 5.13. The maximum absolute atomic E-state index is 5.13. The number of pyridine rings is 5. The lowest BCUT2D eigenvalue weighted by Gasteiger charge is -2.14. The van der Waals surface area contributed by atoms with Gasteiger partial charge in [-0.3, -0.25) is 24.9 Å². The molecule has 0 amide bonds. The molecule has 0 spiro atoms. The van der Waals surface area contributed by atoms with Crippen LogP contribution in [0.3, 0.4) is 0 Å². The van der Waals surface area contributed by atoms with E-state index in [1.54, 1.807) is 37.2 Å². The summed E-state index contributed by atoms with van der Waals surface area (Å²) < 4.78 is 0. The van der Waals surface area contributed by atoms with E-state index in [0.717, 1.165) is 72.6 Å². The van der Waals surface area contributed by atoms with Crippen LogP contribution in [-0.2, 0) is 0 Å². The molecule has 0 atom stereocenters. The molecular weight excluding hydrogens is 591 g/mol. The zero-order valence-electron chi connectivity index (χ0n) is 25.7. The lowest BCUT2D eigenvalue weighted by Crippen LogP contribution is -1.97. The van der Waals surface area contributed by atoms with Gasteiger partial charge in [-0.05, 0) is 101 Å². The molecule has 226 valence electrons. The summed E-state index contributed by atoms with van der Waals surface area (Å²) in [4.78, 5) is 32.2. The third kappa shape index (κ3) is 6.08. The lowest BCUT2D eigenvalue weighted by atomic mass is 9.94. The molecule has 7 nitrogen and oxygen atoms in total. The molecule has 2 aromatic carbocycles. The fraction of sp³-hybridized carbons (Fsp3) is 0. The molecule has 0 unspecified atom stereocenters. The highest BCUT2D eigenvalue weighted by Crippen LogP contribution is 2.36. The summed E-state index contributed by atoms with van der Waals surface area (Å²) in [5.41, 5.74) is 12.4. The third-order valence-corrected chi connectivity index (χ3v) is 8.08. The minimum atomic E-state index is 0.583. The van der Waals surface area contributed by atoms with Crippen LogP contribution >= 0.6 is 0 Å². The Morgan fingerprint density at radius 1 is 0.271 bits per heavy atom. The molecule has 0 aliphatic carbocycles. The highest BCUT2D eigenvalue weighted by Gasteiger charge is 2.16. The van der Waals surface area contributed by atoms with Gasteiger partial charge in [-0.1, -0.05) is 24.3 Å². The molecule has 7 heteroatoms. The van der Waals surface area contributed by atoms with Gasteiger partial charge in [-0.15, -0.1) is 0 Å². The van der Waals surface area contributed by atoms with Crippen LogP contribution in [-0.4, -0.2) is 34.9 Å². The van der Waals surface area contributed by atoms with Crippen molar-refractivity contribution in [1.29, 1.82) is 0 Å². The largest absolute Gasteiger partial charge is 0.264 e. The fourth-order valence-electron chi connectivity index (χ4n) is 5.72. The smallest absolute Gasteiger partial charge is 0.161 e. The second kappa shape index (κ2) is 12.9. The van der Waals surface area contributed by atoms with Crippen LogP contribution in [0.2, 0.25) is 0 Å². The van der Waals surface area contributed by atoms with Gasteiger partial charge in [0.05, 0.1) is 11.4 Å². The van der Waals surface area contributed by atoms with E-state index in [2.05, 4.69) is 91.6 Å². The Bertz CT molecular complexity index is 2060. The zero-order valence-corrected chi connectivity index (χ0v) is 25.7. The van der Waals surface area contributed by atoms with Gasteiger partial charge < -0.3 is 0 Å². The van der Waals surface area contributed by atoms with Crippen molar-refractivity contribution in [3.05, 3.63) is 165 Å². The van der Waals surface area contributed by atoms with Crippen LogP contribution in [0.5, 0.6) is 0 Å². The minimum absolute atomic E-state index is 0.583. The van der Waals surface area contributed by atoms with Crippen molar-refractivity contribution in [3.63, 3.8) is 0 Å². The average molecular weight is 618 g/mol. The predicted octanol–water partition coefficient (Wildman–Crippen LogP) is 9.12. The monoisotopic (exact) mass is 617 g/mol. The van der Waals surface area contributed by atoms with Crippen LogP contribution in [0.15, 0.2) is 165 Å². The minimum Gasteiger partial charge on any atom is -0.264 e. The summed E-state index contributed by atoms with van der Waals surface area (Å²) in [5, 5.41) is 0. The van der Waals surface area contributed by atoms with Crippen molar-refractivity contribution in [2.75, 3.05) is 0 Å². The number of hydrogen-bond acceptors (Lipinski definition) is 7. The Labute approximate surface area is 277 Å². The highest BCUT2D eigenvalue weighted by molar-refractivity contribution is 5.84. The lowest BCUT2D eigenvalue weighted by molar-refractivity contribution is 1.17. The molecule has 6 heterocycles. The van der Waals surface area contributed by atoms with E-state index in [0.29, 0.717) is 5.82 Å². The van der Waals surface area contributed by atoms with Gasteiger partial charge in [-0.25, -0.2) is 9.97 Å². The van der Waals surface area contributed by atoms with Gasteiger partial charge in [0, 0.05) is 101 Å². The molecule has 0 bridgehead atoms. The van der Waals surface area contributed by atoms with E-state index < -0.39 is 0 Å². The van der Waals surface area contributed by atoms with E-state index in [1.807, 2.05) is 61.2 Å². The van der Waals surface area contributed by atoms with Crippen LogP contribution in [0.25, 0.3) is 78.4 Å². The first-order chi connectivity index (χ1) is 23.8. The van der Waals surface area contributed by atoms with Gasteiger partial charge in [0.25, 0.3) is 0 Å². The number of nitrogens with zero attached hydrogens (tertiary/aromatic N) is 7. The number of hydrogen-bond donors (Lipinski definition) is 0. The summed E-state index contributed by atoms with van der Waals surface area (Å²) in [6.07, 6.45) is 18.2. The summed E-state index contributed by atoms with van der Waals surface area (Å²) in [7, 11) is 0. The molecular formula is C41H27N7. The van der Waals surface area contributed by atoms with Crippen molar-refractivity contribution in [2.24, 2.45) is 0 Å². The van der Waals surface area contributed by atoms with Gasteiger partial charge in [0.15, 0.2) is 5.82 Å². The molecule has 0 saturated heterocycles. The zero-order chi connectivity index (χ0) is 32.1. The number of rotatable bonds is 7. The van der Waals surface area contributed by atoms with Crippen LogP contribution in [0, 0.1) is 0 Å². The highest BCUT2D eigenvalue weighted by atomic mass is 14.9. The first-order valence-electron chi connectivity index (χ1n) is 15.5. The Morgan fingerprint density at radius 3 is 0.854 bits per heavy atom. The first-order valence-corrected chi connectivity index (χ1v) is 15.5. The van der Waals surface area contributed by atoms with Crippen molar-refractivity contribution in [2.45, 2.75) is 0 Å². The normalized spacial score (nSPS) is 10.9. The van der Waals surface area contributed by atoms with Crippen molar-refractivity contribution < 1.29 is 0 Å². The van der Waals surface area contributed by atoms with Crippen LogP contribution < -0.4 is 0 Å². The number of benzene rings is 2. The van der Waals surface area contributed by atoms with Gasteiger partial charge in [0.2, 0.25) is 0 Å². The second-order valence-corrected chi connectivity index (χ2v) is 11.3. The summed E-state index contributed by atoms with van der Waals surface area (Å²) in [6.45, 7) is 0. The van der Waals surface area contributed by atoms with Gasteiger partial charge in [-0.2, -0.15) is 0 Å². The SMILES string of the molecule is c1cncc(-c2cc(-c3cccnc3)cc(-c3cc(-c4cc(-c5cccnc5)cc(-c5cccnc5)c4)nc(-c4cccnc4)n3)c2)c1. The molecule has 0 saturated carbocycles. The molecule has 0 radical (unpaired) electrons. The van der Waals surface area contributed by atoms with Crippen molar-refractivity contribution >= 4 is 0 Å². The average Bonchev–Trinajstić information content (AvgIpc) is 3.19. The van der Waals surface area contributed by atoms with E-state index in [4.69, 9.17) is 9.97 Å². The molecule has 0 N–H and O–H groups in total. The molecule has 48 heavy (non-hydrogen) atoms. The van der Waals surface area contributed by atoms with Crippen molar-refractivity contribution in [3.8, 4) is 78.4 Å². The second-order valence-electron chi connectivity index (χ2n) is 11.3. The fourth-order valence-corrected chi connectivity index (χ4v) is 5.72. The summed E-state index contributed by atoms with van der Waals surface area (Å²) in [6, 6.07) is 35.0. The van der Waals surface area contributed by atoms with E-state index >= 15 is 0 Å². The quantitative estimate of drug-likeness (QED) is 0.176. The summed E-state index contributed by atoms with van der Waals surface area (Å²) in [5.74, 6) is 0.583. The first kappa shape index (κ1) is 28.7. The summed E-state index contributed by atoms with van der Waals surface area (Å²) >= 11 is 0. The van der Waals surface area contributed by atoms with Crippen molar-refractivity contribution in [1.82, 2.24) is 34.9 Å². The predicted molar refractivity (Wildman–Crippen MR) is 189 cm³/mol. The van der Waals surface area contributed by atoms with Crippen LogP contribution in [0.1, 0.15) is 0 Å². The molecule has 8 aromatic rings. The van der Waals surface area contributed by atoms with E-state index in [1.165, 1.54) is 0 Å². The topological polar surface area (TPSA) is 90.2 Å². The Balaban J connectivity index is 1.36. The van der Waals surface area contributed by atoms with Gasteiger partial charge >= 0.3 is 0 Å². The molecule has 0 fully saturated rings. The standard InChI is InChI=1S/C41H27N7/c1-6-28(23-42-11-1)33-16-34(29-7-2-12-43-24-29)19-37(18-33)39-22-40(48-41(47-39)32-10-5-15-46-27-32)38-20-35(30-8-3-13-44-25-30)17-36(21-38)31-9-4-14-45-26-31/h1-27H. The van der Waals surface area contributed by atoms with E-state index in [-0.39, 0.29) is 0 Å². The third-order valence-electron chi connectivity index (χ3n) is 8.08. The van der Waals surface area contributed by atoms with Gasteiger partial charge in [0.1, 0.15) is 0 Å². The number of aromatic nitrogens is 7. The maximum Gasteiger partial charge on any atom is 0.161 e. The van der Waals surface area contributed by atoms with E-state index in [9.17, 15) is 0 Å². The molecule has 0 aliphatic rings. The Kier molecular flexibility index (Phi) is 7.74.